The van der Waals surface area contributed by atoms with Gasteiger partial charge >= 0.3 is 0 Å². The minimum Gasteiger partial charge on any atom is -0.322 e. The molecule has 0 aliphatic carbocycles. The highest BCUT2D eigenvalue weighted by molar-refractivity contribution is 9.12. The fourth-order valence-electron chi connectivity index (χ4n) is 2.13. The Morgan fingerprint density at radius 2 is 2.18 bits per heavy atom. The number of carbonyl (C=O) groups excluding carboxylic acids is 2. The van der Waals surface area contributed by atoms with Gasteiger partial charge in [0.25, 0.3) is 11.8 Å². The van der Waals surface area contributed by atoms with Gasteiger partial charge < -0.3 is 10.6 Å². The molecule has 1 aromatic carbocycles. The molecule has 2 amide bonds. The van der Waals surface area contributed by atoms with Gasteiger partial charge in [-0.15, -0.1) is 0 Å². The zero-order valence-corrected chi connectivity index (χ0v) is 13.8. The van der Waals surface area contributed by atoms with Crippen molar-refractivity contribution in [2.24, 2.45) is 0 Å². The van der Waals surface area contributed by atoms with E-state index in [0.717, 1.165) is 16.8 Å². The lowest BCUT2D eigenvalue weighted by Crippen LogP contribution is -2.10. The van der Waals surface area contributed by atoms with Gasteiger partial charge in [-0.25, -0.2) is 0 Å². The summed E-state index contributed by atoms with van der Waals surface area (Å²) in [6.07, 6.45) is 1.84. The fraction of sp³-hybridized carbons (Fsp3) is 0. The summed E-state index contributed by atoms with van der Waals surface area (Å²) < 4.78 is 0.247. The smallest absolute Gasteiger partial charge is 0.262 e. The Morgan fingerprint density at radius 3 is 2.86 bits per heavy atom. The Balaban J connectivity index is 1.97. The zero-order valence-electron chi connectivity index (χ0n) is 11.4. The average molecular weight is 375 g/mol. The highest BCUT2D eigenvalue weighted by atomic mass is 79.9. The summed E-state index contributed by atoms with van der Waals surface area (Å²) in [5.41, 5.74) is 3.68. The standard InChI is InChI=1S/C16H11BrN2O2S/c1-9(17)15(20)18-11-2-3-14-12(7-11)13(16(21)19-14)6-10-4-5-22-8-10/h2-8H,1H2,(H,18,20)(H,19,21)/b13-6-. The number of rotatable bonds is 3. The van der Waals surface area contributed by atoms with Crippen molar-refractivity contribution in [1.82, 2.24) is 0 Å². The van der Waals surface area contributed by atoms with Crippen LogP contribution in [-0.2, 0) is 9.59 Å². The zero-order chi connectivity index (χ0) is 15.7. The van der Waals surface area contributed by atoms with Gasteiger partial charge in [-0.2, -0.15) is 11.3 Å². The average Bonchev–Trinajstić information content (AvgIpc) is 3.08. The minimum absolute atomic E-state index is 0.144. The highest BCUT2D eigenvalue weighted by Gasteiger charge is 2.24. The third kappa shape index (κ3) is 2.88. The van der Waals surface area contributed by atoms with Crippen molar-refractivity contribution < 1.29 is 9.59 Å². The number of fused-ring (bicyclic) bond motifs is 1. The quantitative estimate of drug-likeness (QED) is 0.794. The Bertz CT molecular complexity index is 810. The topological polar surface area (TPSA) is 58.2 Å². The van der Waals surface area contributed by atoms with Crippen LogP contribution in [0.2, 0.25) is 0 Å². The number of anilines is 2. The van der Waals surface area contributed by atoms with Crippen LogP contribution in [0.4, 0.5) is 11.4 Å². The first-order valence-electron chi connectivity index (χ1n) is 6.40. The van der Waals surface area contributed by atoms with E-state index in [9.17, 15) is 9.59 Å². The van der Waals surface area contributed by atoms with Crippen molar-refractivity contribution in [2.45, 2.75) is 0 Å². The van der Waals surface area contributed by atoms with Gasteiger partial charge in [0.05, 0.1) is 4.48 Å². The normalized spacial score (nSPS) is 14.6. The van der Waals surface area contributed by atoms with E-state index in [1.807, 2.05) is 22.9 Å². The van der Waals surface area contributed by atoms with Crippen molar-refractivity contribution in [3.05, 3.63) is 57.2 Å². The molecule has 6 heteroatoms. The van der Waals surface area contributed by atoms with E-state index in [-0.39, 0.29) is 16.3 Å². The molecule has 2 aromatic rings. The Labute approximate surface area is 139 Å². The monoisotopic (exact) mass is 374 g/mol. The molecule has 0 bridgehead atoms. The van der Waals surface area contributed by atoms with Crippen LogP contribution in [0.5, 0.6) is 0 Å². The third-order valence-corrected chi connectivity index (χ3v) is 4.22. The molecular weight excluding hydrogens is 364 g/mol. The summed E-state index contributed by atoms with van der Waals surface area (Å²) in [5.74, 6) is -0.463. The first-order valence-corrected chi connectivity index (χ1v) is 8.13. The van der Waals surface area contributed by atoms with Crippen LogP contribution in [-0.4, -0.2) is 11.8 Å². The van der Waals surface area contributed by atoms with Crippen LogP contribution in [0.1, 0.15) is 11.1 Å². The second kappa shape index (κ2) is 5.90. The largest absolute Gasteiger partial charge is 0.322 e. The molecule has 1 aliphatic rings. The Kier molecular flexibility index (Phi) is 3.96. The van der Waals surface area contributed by atoms with Crippen LogP contribution < -0.4 is 10.6 Å². The molecule has 0 saturated heterocycles. The molecule has 22 heavy (non-hydrogen) atoms. The number of carbonyl (C=O) groups is 2. The van der Waals surface area contributed by atoms with Gasteiger partial charge in [0.2, 0.25) is 0 Å². The summed E-state index contributed by atoms with van der Waals surface area (Å²) in [5, 5.41) is 9.46. The maximum atomic E-state index is 12.1. The Hall–Kier alpha value is -2.18. The summed E-state index contributed by atoms with van der Waals surface area (Å²) in [6.45, 7) is 3.53. The van der Waals surface area contributed by atoms with Crippen LogP contribution in [0.15, 0.2) is 46.1 Å². The van der Waals surface area contributed by atoms with E-state index in [1.165, 1.54) is 0 Å². The molecule has 0 unspecified atom stereocenters. The van der Waals surface area contributed by atoms with Gasteiger partial charge in [0.15, 0.2) is 0 Å². The lowest BCUT2D eigenvalue weighted by molar-refractivity contribution is -0.112. The molecule has 110 valence electrons. The van der Waals surface area contributed by atoms with Gasteiger partial charge in [0, 0.05) is 22.5 Å². The first kappa shape index (κ1) is 14.7. The molecule has 1 aromatic heterocycles. The number of nitrogens with one attached hydrogen (secondary N) is 2. The predicted octanol–water partition coefficient (Wildman–Crippen LogP) is 4.09. The minimum atomic E-state index is -0.319. The van der Waals surface area contributed by atoms with Gasteiger partial charge in [-0.05, 0) is 62.6 Å². The van der Waals surface area contributed by atoms with E-state index in [2.05, 4.69) is 33.1 Å². The number of hydrogen-bond donors (Lipinski definition) is 2. The predicted molar refractivity (Wildman–Crippen MR) is 94.0 cm³/mol. The maximum Gasteiger partial charge on any atom is 0.262 e. The molecule has 0 saturated carbocycles. The molecule has 0 fully saturated rings. The third-order valence-electron chi connectivity index (χ3n) is 3.16. The summed E-state index contributed by atoms with van der Waals surface area (Å²) in [7, 11) is 0. The fourth-order valence-corrected chi connectivity index (χ4v) is 2.85. The Morgan fingerprint density at radius 1 is 1.36 bits per heavy atom. The van der Waals surface area contributed by atoms with Crippen molar-refractivity contribution in [3.8, 4) is 0 Å². The second-order valence-electron chi connectivity index (χ2n) is 4.69. The van der Waals surface area contributed by atoms with Gasteiger partial charge in [-0.3, -0.25) is 9.59 Å². The highest BCUT2D eigenvalue weighted by Crippen LogP contribution is 2.35. The first-order chi connectivity index (χ1) is 10.5. The van der Waals surface area contributed by atoms with Crippen LogP contribution in [0.25, 0.3) is 11.6 Å². The van der Waals surface area contributed by atoms with Crippen LogP contribution >= 0.6 is 27.3 Å². The molecule has 2 N–H and O–H groups in total. The molecule has 4 nitrogen and oxygen atoms in total. The number of benzene rings is 1. The van der Waals surface area contributed by atoms with Gasteiger partial charge in [-0.1, -0.05) is 6.58 Å². The molecule has 2 heterocycles. The summed E-state index contributed by atoms with van der Waals surface area (Å²) in [4.78, 5) is 23.8. The molecule has 0 radical (unpaired) electrons. The number of thiophene rings is 1. The van der Waals surface area contributed by atoms with Crippen LogP contribution in [0.3, 0.4) is 0 Å². The lowest BCUT2D eigenvalue weighted by Gasteiger charge is -2.06. The SMILES string of the molecule is C=C(Br)C(=O)Nc1ccc2c(c1)/C(=C/c1ccsc1)C(=O)N2. The van der Waals surface area contributed by atoms with E-state index >= 15 is 0 Å². The second-order valence-corrected chi connectivity index (χ2v) is 6.43. The van der Waals surface area contributed by atoms with E-state index in [0.29, 0.717) is 11.3 Å². The molecule has 3 rings (SSSR count). The van der Waals surface area contributed by atoms with Crippen LogP contribution in [0, 0.1) is 0 Å². The van der Waals surface area contributed by atoms with E-state index < -0.39 is 0 Å². The van der Waals surface area contributed by atoms with Crippen molar-refractivity contribution >= 4 is 62.1 Å². The molecular formula is C16H11BrN2O2S. The molecule has 1 aliphatic heterocycles. The van der Waals surface area contributed by atoms with Crippen molar-refractivity contribution in [1.29, 1.82) is 0 Å². The summed E-state index contributed by atoms with van der Waals surface area (Å²) in [6, 6.07) is 7.23. The number of hydrogen-bond acceptors (Lipinski definition) is 3. The molecule has 0 atom stereocenters. The lowest BCUT2D eigenvalue weighted by atomic mass is 10.0. The van der Waals surface area contributed by atoms with E-state index in [1.54, 1.807) is 29.5 Å². The van der Waals surface area contributed by atoms with E-state index in [4.69, 9.17) is 0 Å². The summed E-state index contributed by atoms with van der Waals surface area (Å²) >= 11 is 4.61. The number of halogens is 1. The molecule has 0 spiro atoms. The maximum absolute atomic E-state index is 12.1. The van der Waals surface area contributed by atoms with Gasteiger partial charge in [0.1, 0.15) is 0 Å². The number of amides is 2. The van der Waals surface area contributed by atoms with Crippen molar-refractivity contribution in [2.75, 3.05) is 10.6 Å². The van der Waals surface area contributed by atoms with Crippen molar-refractivity contribution in [3.63, 3.8) is 0 Å².